The van der Waals surface area contributed by atoms with Gasteiger partial charge in [0.25, 0.3) is 0 Å². The molecule has 0 bridgehead atoms. The van der Waals surface area contributed by atoms with E-state index in [1.165, 1.54) is 0 Å². The number of Topliss-reactive ketones (excluding diaryl/α,β-unsaturated/α-hetero) is 1. The molecule has 0 fully saturated rings. The van der Waals surface area contributed by atoms with Gasteiger partial charge in [-0.15, -0.1) is 0 Å². The Morgan fingerprint density at radius 3 is 2.67 bits per heavy atom. The first-order valence-electron chi connectivity index (χ1n) is 7.44. The fourth-order valence-electron chi connectivity index (χ4n) is 2.02. The molecule has 3 nitrogen and oxygen atoms in total. The second kappa shape index (κ2) is 8.20. The van der Waals surface area contributed by atoms with Gasteiger partial charge < -0.3 is 4.74 Å². The molecule has 0 radical (unpaired) electrons. The molecule has 0 saturated heterocycles. The number of pyridine rings is 1. The van der Waals surface area contributed by atoms with E-state index in [9.17, 15) is 4.79 Å². The first-order valence-corrected chi connectivity index (χ1v) is 7.44. The predicted molar refractivity (Wildman–Crippen MR) is 83.7 cm³/mol. The largest absolute Gasteiger partial charge is 0.494 e. The van der Waals surface area contributed by atoms with Crippen LogP contribution in [0.15, 0.2) is 48.8 Å². The van der Waals surface area contributed by atoms with Crippen LogP contribution in [0, 0.1) is 0 Å². The molecular formula is C18H21NO2. The quantitative estimate of drug-likeness (QED) is 0.541. The average Bonchev–Trinajstić information content (AvgIpc) is 2.55. The van der Waals surface area contributed by atoms with Crippen molar-refractivity contribution in [3.63, 3.8) is 0 Å². The topological polar surface area (TPSA) is 39.2 Å². The van der Waals surface area contributed by atoms with Crippen LogP contribution in [0.5, 0.6) is 5.75 Å². The summed E-state index contributed by atoms with van der Waals surface area (Å²) in [5, 5.41) is 0. The van der Waals surface area contributed by atoms with Gasteiger partial charge in [0, 0.05) is 24.4 Å². The summed E-state index contributed by atoms with van der Waals surface area (Å²) >= 11 is 0. The van der Waals surface area contributed by atoms with E-state index < -0.39 is 0 Å². The van der Waals surface area contributed by atoms with Crippen molar-refractivity contribution in [1.82, 2.24) is 4.98 Å². The summed E-state index contributed by atoms with van der Waals surface area (Å²) < 4.78 is 5.62. The van der Waals surface area contributed by atoms with Gasteiger partial charge in [-0.2, -0.15) is 0 Å². The van der Waals surface area contributed by atoms with Crippen LogP contribution in [0.25, 0.3) is 0 Å². The molecule has 0 aliphatic heterocycles. The highest BCUT2D eigenvalue weighted by atomic mass is 16.5. The number of ketones is 1. The molecule has 0 spiro atoms. The average molecular weight is 283 g/mol. The zero-order chi connectivity index (χ0) is 14.9. The van der Waals surface area contributed by atoms with Gasteiger partial charge in [-0.1, -0.05) is 25.5 Å². The summed E-state index contributed by atoms with van der Waals surface area (Å²) in [5.41, 5.74) is 1.83. The Balaban J connectivity index is 1.82. The first kappa shape index (κ1) is 15.2. The maximum Gasteiger partial charge on any atom is 0.164 e. The lowest BCUT2D eigenvalue weighted by molar-refractivity contribution is 0.0982. The van der Waals surface area contributed by atoms with E-state index in [4.69, 9.17) is 4.74 Å². The van der Waals surface area contributed by atoms with Crippen molar-refractivity contribution in [2.24, 2.45) is 0 Å². The molecule has 1 aromatic heterocycles. The highest BCUT2D eigenvalue weighted by molar-refractivity contribution is 5.95. The number of benzene rings is 1. The summed E-state index contributed by atoms with van der Waals surface area (Å²) in [5.74, 6) is 1.03. The highest BCUT2D eigenvalue weighted by Crippen LogP contribution is 2.14. The van der Waals surface area contributed by atoms with Gasteiger partial charge >= 0.3 is 0 Å². The van der Waals surface area contributed by atoms with E-state index in [1.54, 1.807) is 24.5 Å². The van der Waals surface area contributed by atoms with Gasteiger partial charge in [0.1, 0.15) is 5.75 Å². The number of nitrogens with zero attached hydrogens (tertiary/aromatic N) is 1. The molecule has 2 rings (SSSR count). The SMILES string of the molecule is CCCCOc1ccc(CCC(=O)c2cccnc2)cc1. The fourth-order valence-corrected chi connectivity index (χ4v) is 2.02. The molecule has 21 heavy (non-hydrogen) atoms. The van der Waals surface area contributed by atoms with E-state index in [0.717, 1.165) is 37.2 Å². The third-order valence-electron chi connectivity index (χ3n) is 3.31. The molecule has 0 atom stereocenters. The molecule has 1 heterocycles. The van der Waals surface area contributed by atoms with Crippen LogP contribution in [0.2, 0.25) is 0 Å². The van der Waals surface area contributed by atoms with E-state index in [1.807, 2.05) is 24.3 Å². The molecule has 2 aromatic rings. The fraction of sp³-hybridized carbons (Fsp3) is 0.333. The van der Waals surface area contributed by atoms with Crippen molar-refractivity contribution >= 4 is 5.78 Å². The minimum absolute atomic E-state index is 0.131. The van der Waals surface area contributed by atoms with Crippen LogP contribution in [0.4, 0.5) is 0 Å². The first-order chi connectivity index (χ1) is 10.3. The van der Waals surface area contributed by atoms with Gasteiger partial charge in [0.15, 0.2) is 5.78 Å². The number of aryl methyl sites for hydroxylation is 1. The summed E-state index contributed by atoms with van der Waals surface area (Å²) in [6.07, 6.45) is 6.74. The number of unbranched alkanes of at least 4 members (excludes halogenated alkanes) is 1. The van der Waals surface area contributed by atoms with Crippen LogP contribution in [0.1, 0.15) is 42.1 Å². The Kier molecular flexibility index (Phi) is 5.95. The maximum atomic E-state index is 12.0. The Morgan fingerprint density at radius 2 is 2.00 bits per heavy atom. The zero-order valence-electron chi connectivity index (χ0n) is 12.4. The van der Waals surface area contributed by atoms with Crippen molar-refractivity contribution in [3.05, 3.63) is 59.9 Å². The van der Waals surface area contributed by atoms with Crippen molar-refractivity contribution in [2.45, 2.75) is 32.6 Å². The molecule has 110 valence electrons. The number of hydrogen-bond donors (Lipinski definition) is 0. The number of hydrogen-bond acceptors (Lipinski definition) is 3. The summed E-state index contributed by atoms with van der Waals surface area (Å²) in [7, 11) is 0. The van der Waals surface area contributed by atoms with Crippen LogP contribution < -0.4 is 4.74 Å². The van der Waals surface area contributed by atoms with Crippen LogP contribution in [-0.4, -0.2) is 17.4 Å². The van der Waals surface area contributed by atoms with E-state index in [-0.39, 0.29) is 5.78 Å². The monoisotopic (exact) mass is 283 g/mol. The molecular weight excluding hydrogens is 262 g/mol. The second-order valence-corrected chi connectivity index (χ2v) is 5.01. The van der Waals surface area contributed by atoms with Crippen molar-refractivity contribution < 1.29 is 9.53 Å². The molecule has 0 N–H and O–H groups in total. The lowest BCUT2D eigenvalue weighted by atomic mass is 10.0. The van der Waals surface area contributed by atoms with E-state index in [2.05, 4.69) is 11.9 Å². The van der Waals surface area contributed by atoms with Crippen LogP contribution in [-0.2, 0) is 6.42 Å². The van der Waals surface area contributed by atoms with Gasteiger partial charge in [-0.3, -0.25) is 9.78 Å². The van der Waals surface area contributed by atoms with Gasteiger partial charge in [0.05, 0.1) is 6.61 Å². The molecule has 3 heteroatoms. The van der Waals surface area contributed by atoms with Gasteiger partial charge in [-0.05, 0) is 42.7 Å². The highest BCUT2D eigenvalue weighted by Gasteiger charge is 2.06. The van der Waals surface area contributed by atoms with Crippen LogP contribution >= 0.6 is 0 Å². The van der Waals surface area contributed by atoms with Crippen molar-refractivity contribution in [2.75, 3.05) is 6.61 Å². The molecule has 1 aromatic carbocycles. The Labute approximate surface area is 126 Å². The molecule has 0 amide bonds. The number of aromatic nitrogens is 1. The Bertz CT molecular complexity index is 549. The third kappa shape index (κ3) is 5.03. The second-order valence-electron chi connectivity index (χ2n) is 5.01. The summed E-state index contributed by atoms with van der Waals surface area (Å²) in [6, 6.07) is 11.6. The van der Waals surface area contributed by atoms with Gasteiger partial charge in [-0.25, -0.2) is 0 Å². The third-order valence-corrected chi connectivity index (χ3v) is 3.31. The minimum Gasteiger partial charge on any atom is -0.494 e. The minimum atomic E-state index is 0.131. The van der Waals surface area contributed by atoms with Crippen LogP contribution in [0.3, 0.4) is 0 Å². The lowest BCUT2D eigenvalue weighted by Crippen LogP contribution is -2.01. The number of carbonyl (C=O) groups is 1. The van der Waals surface area contributed by atoms with Crippen molar-refractivity contribution in [1.29, 1.82) is 0 Å². The molecule has 0 aliphatic rings. The maximum absolute atomic E-state index is 12.0. The lowest BCUT2D eigenvalue weighted by Gasteiger charge is -2.06. The molecule has 0 unspecified atom stereocenters. The standard InChI is InChI=1S/C18H21NO2/c1-2-3-13-21-17-9-6-15(7-10-17)8-11-18(20)16-5-4-12-19-14-16/h4-7,9-10,12,14H,2-3,8,11,13H2,1H3. The van der Waals surface area contributed by atoms with E-state index in [0.29, 0.717) is 12.0 Å². The molecule has 0 saturated carbocycles. The summed E-state index contributed by atoms with van der Waals surface area (Å²) in [4.78, 5) is 16.0. The summed E-state index contributed by atoms with van der Waals surface area (Å²) in [6.45, 7) is 2.90. The normalized spacial score (nSPS) is 10.3. The van der Waals surface area contributed by atoms with E-state index >= 15 is 0 Å². The number of rotatable bonds is 8. The molecule has 0 aliphatic carbocycles. The Hall–Kier alpha value is -2.16. The Morgan fingerprint density at radius 1 is 1.19 bits per heavy atom. The smallest absolute Gasteiger partial charge is 0.164 e. The predicted octanol–water partition coefficient (Wildman–Crippen LogP) is 4.08. The number of carbonyl (C=O) groups excluding carboxylic acids is 1. The van der Waals surface area contributed by atoms with Crippen molar-refractivity contribution in [3.8, 4) is 5.75 Å². The van der Waals surface area contributed by atoms with Gasteiger partial charge in [0.2, 0.25) is 0 Å². The number of ether oxygens (including phenoxy) is 1. The zero-order valence-corrected chi connectivity index (χ0v) is 12.4.